The first-order valence-corrected chi connectivity index (χ1v) is 7.09. The molecule has 6 heteroatoms. The highest BCUT2D eigenvalue weighted by Crippen LogP contribution is 2.18. The van der Waals surface area contributed by atoms with E-state index in [2.05, 4.69) is 27.7 Å². The van der Waals surface area contributed by atoms with Gasteiger partial charge in [0.25, 0.3) is 5.91 Å². The van der Waals surface area contributed by atoms with Crippen LogP contribution in [0.25, 0.3) is 0 Å². The molecule has 0 atom stereocenters. The fraction of sp³-hybridized carbons (Fsp3) is 0.385. The lowest BCUT2D eigenvalue weighted by atomic mass is 10.1. The lowest BCUT2D eigenvalue weighted by Gasteiger charge is -2.22. The second-order valence-electron chi connectivity index (χ2n) is 4.25. The predicted octanol–water partition coefficient (Wildman–Crippen LogP) is 2.20. The van der Waals surface area contributed by atoms with E-state index in [0.717, 1.165) is 15.6 Å². The Balaban J connectivity index is 3.02. The van der Waals surface area contributed by atoms with Gasteiger partial charge in [0.1, 0.15) is 0 Å². The number of oxime groups is 1. The van der Waals surface area contributed by atoms with Crippen molar-refractivity contribution in [3.05, 3.63) is 32.9 Å². The summed E-state index contributed by atoms with van der Waals surface area (Å²) in [7, 11) is 0. The molecule has 0 aliphatic heterocycles. The molecule has 0 heterocycles. The molecular weight excluding hydrogens is 357 g/mol. The lowest BCUT2D eigenvalue weighted by molar-refractivity contribution is 0.0777. The van der Waals surface area contributed by atoms with Gasteiger partial charge in [0, 0.05) is 10.1 Å². The zero-order valence-electron chi connectivity index (χ0n) is 11.1. The molecule has 0 aliphatic carbocycles. The molecule has 0 unspecified atom stereocenters. The second kappa shape index (κ2) is 7.32. The number of benzene rings is 1. The number of carbonyl (C=O) groups is 1. The molecule has 19 heavy (non-hydrogen) atoms. The average molecular weight is 375 g/mol. The van der Waals surface area contributed by atoms with Crippen molar-refractivity contribution in [3.8, 4) is 0 Å². The molecule has 0 fully saturated rings. The van der Waals surface area contributed by atoms with Crippen LogP contribution in [-0.2, 0) is 0 Å². The minimum Gasteiger partial charge on any atom is -0.409 e. The van der Waals surface area contributed by atoms with Gasteiger partial charge in [0.15, 0.2) is 5.84 Å². The van der Waals surface area contributed by atoms with E-state index in [1.165, 1.54) is 0 Å². The van der Waals surface area contributed by atoms with Crippen LogP contribution in [0.2, 0.25) is 0 Å². The predicted molar refractivity (Wildman–Crippen MR) is 83.5 cm³/mol. The molecule has 0 bridgehead atoms. The number of nitrogens with two attached hydrogens (primary N) is 1. The average Bonchev–Trinajstić information content (AvgIpc) is 2.40. The van der Waals surface area contributed by atoms with Crippen LogP contribution in [0.15, 0.2) is 23.4 Å². The maximum absolute atomic E-state index is 12.5. The summed E-state index contributed by atoms with van der Waals surface area (Å²) in [4.78, 5) is 14.1. The van der Waals surface area contributed by atoms with Crippen LogP contribution in [-0.4, -0.2) is 34.9 Å². The monoisotopic (exact) mass is 375 g/mol. The summed E-state index contributed by atoms with van der Waals surface area (Å²) in [6.45, 7) is 4.65. The number of nitrogens with zero attached hydrogens (tertiary/aromatic N) is 2. The van der Waals surface area contributed by atoms with Crippen LogP contribution in [0.1, 0.15) is 29.3 Å². The molecule has 0 aliphatic rings. The van der Waals surface area contributed by atoms with Crippen molar-refractivity contribution < 1.29 is 10.0 Å². The Labute approximate surface area is 126 Å². The van der Waals surface area contributed by atoms with Crippen molar-refractivity contribution in [2.45, 2.75) is 20.3 Å². The lowest BCUT2D eigenvalue weighted by Crippen LogP contribution is -2.39. The third-order valence-electron chi connectivity index (χ3n) is 2.68. The SMILES string of the molecule is CCCN(C/C(N)=N/O)C(=O)c1cccc(C)c1I. The number of carbonyl (C=O) groups excluding carboxylic acids is 1. The molecule has 5 nitrogen and oxygen atoms in total. The van der Waals surface area contributed by atoms with E-state index in [-0.39, 0.29) is 18.3 Å². The maximum atomic E-state index is 12.5. The van der Waals surface area contributed by atoms with Crippen LogP contribution in [0, 0.1) is 10.5 Å². The fourth-order valence-corrected chi connectivity index (χ4v) is 2.32. The van der Waals surface area contributed by atoms with Gasteiger partial charge in [0.2, 0.25) is 0 Å². The van der Waals surface area contributed by atoms with Gasteiger partial charge in [-0.05, 0) is 47.6 Å². The smallest absolute Gasteiger partial charge is 0.255 e. The summed E-state index contributed by atoms with van der Waals surface area (Å²) in [5, 5.41) is 11.6. The number of amidine groups is 1. The summed E-state index contributed by atoms with van der Waals surface area (Å²) < 4.78 is 0.936. The molecule has 0 spiro atoms. The van der Waals surface area contributed by atoms with Gasteiger partial charge in [0.05, 0.1) is 12.1 Å². The van der Waals surface area contributed by atoms with E-state index in [4.69, 9.17) is 10.9 Å². The van der Waals surface area contributed by atoms with Crippen molar-refractivity contribution in [1.29, 1.82) is 0 Å². The van der Waals surface area contributed by atoms with Crippen LogP contribution in [0.5, 0.6) is 0 Å². The summed E-state index contributed by atoms with van der Waals surface area (Å²) in [5.41, 5.74) is 7.21. The Morgan fingerprint density at radius 3 is 2.79 bits per heavy atom. The number of amides is 1. The van der Waals surface area contributed by atoms with Crippen LogP contribution >= 0.6 is 22.6 Å². The molecular formula is C13H18IN3O2. The first-order valence-electron chi connectivity index (χ1n) is 6.02. The van der Waals surface area contributed by atoms with E-state index in [1.54, 1.807) is 11.0 Å². The second-order valence-corrected chi connectivity index (χ2v) is 5.33. The Bertz CT molecular complexity index is 489. The van der Waals surface area contributed by atoms with Gasteiger partial charge in [-0.2, -0.15) is 0 Å². The molecule has 0 aromatic heterocycles. The van der Waals surface area contributed by atoms with Gasteiger partial charge in [-0.1, -0.05) is 24.2 Å². The highest BCUT2D eigenvalue weighted by Gasteiger charge is 2.19. The zero-order chi connectivity index (χ0) is 14.4. The molecule has 3 N–H and O–H groups in total. The Kier molecular flexibility index (Phi) is 6.07. The van der Waals surface area contributed by atoms with Gasteiger partial charge < -0.3 is 15.8 Å². The fourth-order valence-electron chi connectivity index (χ4n) is 1.73. The molecule has 1 amide bonds. The van der Waals surface area contributed by atoms with Crippen LogP contribution < -0.4 is 5.73 Å². The molecule has 1 rings (SSSR count). The molecule has 0 radical (unpaired) electrons. The number of hydrogen-bond donors (Lipinski definition) is 2. The van der Waals surface area contributed by atoms with Gasteiger partial charge >= 0.3 is 0 Å². The van der Waals surface area contributed by atoms with Gasteiger partial charge in [-0.25, -0.2) is 0 Å². The van der Waals surface area contributed by atoms with Gasteiger partial charge in [-0.15, -0.1) is 0 Å². The largest absolute Gasteiger partial charge is 0.409 e. The maximum Gasteiger partial charge on any atom is 0.255 e. The molecule has 104 valence electrons. The van der Waals surface area contributed by atoms with Crippen molar-refractivity contribution in [1.82, 2.24) is 4.90 Å². The van der Waals surface area contributed by atoms with Crippen LogP contribution in [0.4, 0.5) is 0 Å². The number of halogens is 1. The third-order valence-corrected chi connectivity index (χ3v) is 4.12. The number of rotatable bonds is 5. The molecule has 0 saturated carbocycles. The number of aryl methyl sites for hydroxylation is 1. The Hall–Kier alpha value is -1.31. The highest BCUT2D eigenvalue weighted by atomic mass is 127. The summed E-state index contributed by atoms with van der Waals surface area (Å²) in [6, 6.07) is 5.62. The van der Waals surface area contributed by atoms with Crippen molar-refractivity contribution in [2.75, 3.05) is 13.1 Å². The quantitative estimate of drug-likeness (QED) is 0.272. The minimum absolute atomic E-state index is 0.0319. The summed E-state index contributed by atoms with van der Waals surface area (Å²) in [6.07, 6.45) is 0.812. The highest BCUT2D eigenvalue weighted by molar-refractivity contribution is 14.1. The van der Waals surface area contributed by atoms with Crippen LogP contribution in [0.3, 0.4) is 0 Å². The van der Waals surface area contributed by atoms with Crippen molar-refractivity contribution in [2.24, 2.45) is 10.9 Å². The topological polar surface area (TPSA) is 78.9 Å². The first-order chi connectivity index (χ1) is 9.01. The number of hydrogen-bond acceptors (Lipinski definition) is 3. The van der Waals surface area contributed by atoms with E-state index < -0.39 is 0 Å². The summed E-state index contributed by atoms with van der Waals surface area (Å²) >= 11 is 2.17. The normalized spacial score (nSPS) is 11.4. The molecule has 1 aromatic carbocycles. The third kappa shape index (κ3) is 4.09. The van der Waals surface area contributed by atoms with E-state index in [0.29, 0.717) is 12.1 Å². The Morgan fingerprint density at radius 2 is 2.21 bits per heavy atom. The zero-order valence-corrected chi connectivity index (χ0v) is 13.2. The van der Waals surface area contributed by atoms with Crippen molar-refractivity contribution >= 4 is 34.3 Å². The molecule has 1 aromatic rings. The standard InChI is InChI=1S/C13H18IN3O2/c1-3-7-17(8-11(15)16-19)13(18)10-6-4-5-9(2)12(10)14/h4-6,19H,3,7-8H2,1-2H3,(H2,15,16). The van der Waals surface area contributed by atoms with E-state index >= 15 is 0 Å². The van der Waals surface area contributed by atoms with Gasteiger partial charge in [-0.3, -0.25) is 4.79 Å². The first kappa shape index (κ1) is 15.7. The summed E-state index contributed by atoms with van der Waals surface area (Å²) in [5.74, 6) is -0.0639. The Morgan fingerprint density at radius 1 is 1.53 bits per heavy atom. The van der Waals surface area contributed by atoms with Crippen molar-refractivity contribution in [3.63, 3.8) is 0 Å². The van der Waals surface area contributed by atoms with E-state index in [1.807, 2.05) is 26.0 Å². The minimum atomic E-state index is -0.0958. The molecule has 0 saturated heterocycles. The van der Waals surface area contributed by atoms with E-state index in [9.17, 15) is 4.79 Å².